The van der Waals surface area contributed by atoms with E-state index in [4.69, 9.17) is 23.2 Å². The third-order valence-electron chi connectivity index (χ3n) is 7.45. The van der Waals surface area contributed by atoms with Gasteiger partial charge in [-0.3, -0.25) is 4.79 Å². The molecule has 0 aromatic heterocycles. The van der Waals surface area contributed by atoms with Crippen molar-refractivity contribution >= 4 is 34.6 Å². The molecule has 0 saturated heterocycles. The Hall–Kier alpha value is -1.84. The van der Waals surface area contributed by atoms with Crippen LogP contribution in [0.25, 0.3) is 16.7 Å². The molecule has 0 heterocycles. The Bertz CT molecular complexity index is 1080. The van der Waals surface area contributed by atoms with E-state index in [1.165, 1.54) is 0 Å². The van der Waals surface area contributed by atoms with E-state index in [1.807, 2.05) is 25.1 Å². The highest BCUT2D eigenvalue weighted by atomic mass is 35.5. The SMILES string of the molecule is CCc1ccc(-c2ccc(Cl)c(Cl)c2F)cc1C1=C(O)[C@H]2C3CCC(CC3)[C@H]2C1=O. The van der Waals surface area contributed by atoms with Crippen molar-refractivity contribution in [3.8, 4) is 11.1 Å². The molecular weight excluding hydrogens is 422 g/mol. The molecule has 2 bridgehead atoms. The number of aryl methyl sites for hydroxylation is 1. The summed E-state index contributed by atoms with van der Waals surface area (Å²) in [5.74, 6) is 0.351. The summed E-state index contributed by atoms with van der Waals surface area (Å²) in [4.78, 5) is 13.5. The molecule has 0 aliphatic heterocycles. The maximum Gasteiger partial charge on any atom is 0.170 e. The molecule has 2 nitrogen and oxygen atoms in total. The number of hydrogen-bond donors (Lipinski definition) is 1. The third kappa shape index (κ3) is 2.85. The first-order valence-electron chi connectivity index (χ1n) is 10.7. The fraction of sp³-hybridized carbons (Fsp3) is 0.400. The molecule has 0 amide bonds. The van der Waals surface area contributed by atoms with Crippen LogP contribution < -0.4 is 0 Å². The summed E-state index contributed by atoms with van der Waals surface area (Å²) >= 11 is 12.0. The van der Waals surface area contributed by atoms with E-state index in [9.17, 15) is 14.3 Å². The van der Waals surface area contributed by atoms with E-state index in [0.29, 0.717) is 35.0 Å². The molecule has 6 rings (SSSR count). The van der Waals surface area contributed by atoms with Gasteiger partial charge in [0.15, 0.2) is 11.6 Å². The number of rotatable bonds is 3. The Kier molecular flexibility index (Phi) is 4.95. The van der Waals surface area contributed by atoms with Gasteiger partial charge >= 0.3 is 0 Å². The average Bonchev–Trinajstić information content (AvgIpc) is 3.05. The zero-order valence-corrected chi connectivity index (χ0v) is 18.2. The van der Waals surface area contributed by atoms with Crippen LogP contribution in [0.1, 0.15) is 43.7 Å². The predicted octanol–water partition coefficient (Wildman–Crippen LogP) is 7.27. The van der Waals surface area contributed by atoms with Crippen molar-refractivity contribution in [3.63, 3.8) is 0 Å². The fourth-order valence-corrected chi connectivity index (χ4v) is 6.30. The van der Waals surface area contributed by atoms with Gasteiger partial charge < -0.3 is 5.11 Å². The van der Waals surface area contributed by atoms with E-state index in [1.54, 1.807) is 12.1 Å². The van der Waals surface area contributed by atoms with E-state index < -0.39 is 5.82 Å². The molecule has 3 fully saturated rings. The summed E-state index contributed by atoms with van der Waals surface area (Å²) in [7, 11) is 0. The number of carbonyl (C=O) groups excluding carboxylic acids is 1. The lowest BCUT2D eigenvalue weighted by Gasteiger charge is -2.44. The van der Waals surface area contributed by atoms with Crippen LogP contribution in [-0.4, -0.2) is 10.9 Å². The lowest BCUT2D eigenvalue weighted by Crippen LogP contribution is -2.41. The van der Waals surface area contributed by atoms with Gasteiger partial charge in [0.25, 0.3) is 0 Å². The van der Waals surface area contributed by atoms with Gasteiger partial charge in [-0.2, -0.15) is 0 Å². The highest BCUT2D eigenvalue weighted by Crippen LogP contribution is 2.57. The molecule has 0 radical (unpaired) electrons. The number of aliphatic hydroxyl groups is 1. The highest BCUT2D eigenvalue weighted by molar-refractivity contribution is 6.42. The highest BCUT2D eigenvalue weighted by Gasteiger charge is 2.54. The molecule has 5 heteroatoms. The van der Waals surface area contributed by atoms with Crippen LogP contribution in [-0.2, 0) is 11.2 Å². The second-order valence-corrected chi connectivity index (χ2v) is 9.58. The Labute approximate surface area is 185 Å². The molecule has 1 N–H and O–H groups in total. The van der Waals surface area contributed by atoms with Gasteiger partial charge in [0, 0.05) is 17.4 Å². The second-order valence-electron chi connectivity index (χ2n) is 8.80. The molecular formula is C25H23Cl2FO2. The maximum absolute atomic E-state index is 14.8. The van der Waals surface area contributed by atoms with E-state index in [-0.39, 0.29) is 33.4 Å². The van der Waals surface area contributed by atoms with E-state index >= 15 is 0 Å². The molecule has 4 aliphatic rings. The normalized spacial score (nSPS) is 27.7. The Morgan fingerprint density at radius 3 is 2.30 bits per heavy atom. The van der Waals surface area contributed by atoms with Crippen LogP contribution in [0.3, 0.4) is 0 Å². The van der Waals surface area contributed by atoms with Crippen LogP contribution in [0.2, 0.25) is 10.0 Å². The second kappa shape index (κ2) is 7.39. The number of Topliss-reactive ketones (excluding diaryl/α,β-unsaturated/α-hetero) is 1. The lowest BCUT2D eigenvalue weighted by molar-refractivity contribution is -0.123. The topological polar surface area (TPSA) is 37.3 Å². The summed E-state index contributed by atoms with van der Waals surface area (Å²) < 4.78 is 14.8. The number of ketones is 1. The fourth-order valence-electron chi connectivity index (χ4n) is 5.98. The van der Waals surface area contributed by atoms with Crippen LogP contribution >= 0.6 is 23.2 Å². The van der Waals surface area contributed by atoms with Gasteiger partial charge in [-0.25, -0.2) is 4.39 Å². The standard InChI is InChI=1S/C25H23Cl2FO2/c1-2-12-3-8-15(16-9-10-18(26)22(27)23(16)28)11-17(12)21-24(29)19-13-4-5-14(7-6-13)20(19)25(21)30/h3,8-11,13-14,19-20,29H,2,4-7H2,1H3/t13?,14?,19-,20+/m0/s1. The van der Waals surface area contributed by atoms with Gasteiger partial charge in [-0.15, -0.1) is 0 Å². The van der Waals surface area contributed by atoms with Crippen molar-refractivity contribution in [1.29, 1.82) is 0 Å². The maximum atomic E-state index is 14.8. The molecule has 2 aromatic carbocycles. The van der Waals surface area contributed by atoms with E-state index in [0.717, 1.165) is 36.8 Å². The average molecular weight is 445 g/mol. The van der Waals surface area contributed by atoms with Gasteiger partial charge in [0.05, 0.1) is 15.6 Å². The minimum absolute atomic E-state index is 0.0462. The largest absolute Gasteiger partial charge is 0.511 e. The molecule has 30 heavy (non-hydrogen) atoms. The summed E-state index contributed by atoms with van der Waals surface area (Å²) in [5, 5.41) is 11.2. The van der Waals surface area contributed by atoms with Gasteiger partial charge in [-0.05, 0) is 78.8 Å². The van der Waals surface area contributed by atoms with Crippen LogP contribution in [0.5, 0.6) is 0 Å². The number of hydrogen-bond acceptors (Lipinski definition) is 2. The molecule has 4 aliphatic carbocycles. The Balaban J connectivity index is 1.65. The lowest BCUT2D eigenvalue weighted by atomic mass is 9.59. The van der Waals surface area contributed by atoms with Crippen LogP contribution in [0.4, 0.5) is 4.39 Å². The third-order valence-corrected chi connectivity index (χ3v) is 8.23. The zero-order chi connectivity index (χ0) is 21.2. The number of fused-ring (bicyclic) bond motifs is 2. The van der Waals surface area contributed by atoms with Crippen molar-refractivity contribution in [2.75, 3.05) is 0 Å². The number of carbonyl (C=O) groups is 1. The zero-order valence-electron chi connectivity index (χ0n) is 16.7. The van der Waals surface area contributed by atoms with Gasteiger partial charge in [0.1, 0.15) is 5.76 Å². The van der Waals surface area contributed by atoms with E-state index in [2.05, 4.69) is 0 Å². The first kappa shape index (κ1) is 20.1. The summed E-state index contributed by atoms with van der Waals surface area (Å²) in [6.45, 7) is 2.02. The Morgan fingerprint density at radius 1 is 1.00 bits per heavy atom. The van der Waals surface area contributed by atoms with Crippen molar-refractivity contribution in [2.24, 2.45) is 23.7 Å². The molecule has 2 atom stereocenters. The number of aliphatic hydroxyl groups excluding tert-OH is 1. The smallest absolute Gasteiger partial charge is 0.170 e. The minimum atomic E-state index is -0.581. The summed E-state index contributed by atoms with van der Waals surface area (Å²) in [6.07, 6.45) is 5.05. The summed E-state index contributed by atoms with van der Waals surface area (Å²) in [6, 6.07) is 8.73. The first-order chi connectivity index (χ1) is 14.4. The number of allylic oxidation sites excluding steroid dienone is 2. The molecule has 3 saturated carbocycles. The Morgan fingerprint density at radius 2 is 1.67 bits per heavy atom. The van der Waals surface area contributed by atoms with Gasteiger partial charge in [0.2, 0.25) is 0 Å². The number of halogens is 3. The number of benzene rings is 2. The molecule has 0 unspecified atom stereocenters. The summed E-state index contributed by atoms with van der Waals surface area (Å²) in [5.41, 5.74) is 3.08. The molecule has 2 aromatic rings. The van der Waals surface area contributed by atoms with Crippen molar-refractivity contribution < 1.29 is 14.3 Å². The predicted molar refractivity (Wildman–Crippen MR) is 118 cm³/mol. The van der Waals surface area contributed by atoms with Crippen LogP contribution in [0.15, 0.2) is 36.1 Å². The quantitative estimate of drug-likeness (QED) is 0.505. The van der Waals surface area contributed by atoms with Crippen molar-refractivity contribution in [3.05, 3.63) is 63.1 Å². The van der Waals surface area contributed by atoms with Crippen molar-refractivity contribution in [2.45, 2.75) is 39.0 Å². The van der Waals surface area contributed by atoms with Crippen LogP contribution in [0, 0.1) is 29.5 Å². The van der Waals surface area contributed by atoms with Gasteiger partial charge in [-0.1, -0.05) is 42.3 Å². The minimum Gasteiger partial charge on any atom is -0.511 e. The monoisotopic (exact) mass is 444 g/mol. The van der Waals surface area contributed by atoms with Crippen molar-refractivity contribution in [1.82, 2.24) is 0 Å². The molecule has 0 spiro atoms. The molecule has 156 valence electrons. The first-order valence-corrected chi connectivity index (χ1v) is 11.4.